The molecule has 0 aliphatic carbocycles. The Labute approximate surface area is 102 Å². The van der Waals surface area contributed by atoms with Crippen molar-refractivity contribution in [2.75, 3.05) is 39.9 Å². The third-order valence-corrected chi connectivity index (χ3v) is 3.05. The molecular weight excluding hydrogens is 220 g/mol. The summed E-state index contributed by atoms with van der Waals surface area (Å²) in [5, 5.41) is 2.85. The van der Waals surface area contributed by atoms with Crippen molar-refractivity contribution in [3.05, 3.63) is 0 Å². The van der Waals surface area contributed by atoms with Crippen molar-refractivity contribution in [1.29, 1.82) is 0 Å². The normalized spacial score (nSPS) is 18.0. The van der Waals surface area contributed by atoms with Crippen molar-refractivity contribution in [1.82, 2.24) is 10.2 Å². The van der Waals surface area contributed by atoms with Gasteiger partial charge in [0, 0.05) is 20.6 Å². The number of hydrogen-bond acceptors (Lipinski definition) is 4. The van der Waals surface area contributed by atoms with Gasteiger partial charge in [0.1, 0.15) is 6.61 Å². The number of nitrogens with one attached hydrogen (secondary N) is 1. The van der Waals surface area contributed by atoms with Crippen LogP contribution in [0.25, 0.3) is 0 Å². The first-order chi connectivity index (χ1) is 8.11. The fraction of sp³-hybridized carbons (Fsp3) is 0.833. The van der Waals surface area contributed by atoms with Crippen LogP contribution in [-0.2, 0) is 14.3 Å². The van der Waals surface area contributed by atoms with E-state index in [-0.39, 0.29) is 18.3 Å². The van der Waals surface area contributed by atoms with Gasteiger partial charge in [0.2, 0.25) is 5.91 Å². The van der Waals surface area contributed by atoms with E-state index in [0.717, 1.165) is 32.5 Å². The zero-order valence-corrected chi connectivity index (χ0v) is 10.7. The van der Waals surface area contributed by atoms with Gasteiger partial charge in [-0.1, -0.05) is 0 Å². The molecule has 0 aromatic heterocycles. The van der Waals surface area contributed by atoms with Crippen LogP contribution in [0.5, 0.6) is 0 Å². The Hall–Kier alpha value is -0.940. The lowest BCUT2D eigenvalue weighted by atomic mass is 9.96. The summed E-state index contributed by atoms with van der Waals surface area (Å²) in [5.74, 6) is 0.711. The molecule has 1 saturated heterocycles. The van der Waals surface area contributed by atoms with Crippen LogP contribution in [-0.4, -0.2) is 56.5 Å². The molecule has 0 bridgehead atoms. The second-order valence-corrected chi connectivity index (χ2v) is 4.63. The van der Waals surface area contributed by atoms with Crippen LogP contribution in [0.15, 0.2) is 0 Å². The monoisotopic (exact) mass is 242 g/mol. The number of ketones is 1. The Bertz CT molecular complexity index is 260. The van der Waals surface area contributed by atoms with Crippen LogP contribution in [0.4, 0.5) is 0 Å². The van der Waals surface area contributed by atoms with E-state index in [2.05, 4.69) is 10.2 Å². The number of Topliss-reactive ketones (excluding diaryl/α,β-unsaturated/α-hetero) is 1. The summed E-state index contributed by atoms with van der Waals surface area (Å²) in [6.07, 6.45) is 2.08. The van der Waals surface area contributed by atoms with Crippen molar-refractivity contribution in [2.45, 2.75) is 19.8 Å². The van der Waals surface area contributed by atoms with E-state index in [0.29, 0.717) is 12.5 Å². The molecule has 1 rings (SSSR count). The van der Waals surface area contributed by atoms with E-state index in [1.165, 1.54) is 7.11 Å². The molecule has 0 spiro atoms. The van der Waals surface area contributed by atoms with Gasteiger partial charge in [-0.15, -0.1) is 0 Å². The third-order valence-electron chi connectivity index (χ3n) is 3.05. The summed E-state index contributed by atoms with van der Waals surface area (Å²) in [6, 6.07) is 0. The highest BCUT2D eigenvalue weighted by Gasteiger charge is 2.20. The summed E-state index contributed by atoms with van der Waals surface area (Å²) in [7, 11) is 1.54. The van der Waals surface area contributed by atoms with Gasteiger partial charge in [-0.2, -0.15) is 0 Å². The van der Waals surface area contributed by atoms with Crippen LogP contribution in [0.1, 0.15) is 19.8 Å². The molecule has 0 aromatic rings. The number of carbonyl (C=O) groups is 2. The van der Waals surface area contributed by atoms with Crippen molar-refractivity contribution in [2.24, 2.45) is 5.92 Å². The quantitative estimate of drug-likeness (QED) is 0.715. The molecular formula is C12H22N2O3. The second-order valence-electron chi connectivity index (χ2n) is 4.63. The highest BCUT2D eigenvalue weighted by atomic mass is 16.5. The minimum Gasteiger partial charge on any atom is -0.377 e. The Balaban J connectivity index is 2.17. The number of rotatable bonds is 6. The van der Waals surface area contributed by atoms with Gasteiger partial charge < -0.3 is 10.1 Å². The molecule has 17 heavy (non-hydrogen) atoms. The van der Waals surface area contributed by atoms with Crippen molar-refractivity contribution in [3.63, 3.8) is 0 Å². The summed E-state index contributed by atoms with van der Waals surface area (Å²) < 4.78 is 4.81. The Morgan fingerprint density at radius 3 is 2.53 bits per heavy atom. The lowest BCUT2D eigenvalue weighted by molar-refractivity contribution is -0.124. The Morgan fingerprint density at radius 1 is 1.35 bits per heavy atom. The maximum absolute atomic E-state index is 11.4. The summed E-state index contributed by atoms with van der Waals surface area (Å²) >= 11 is 0. The number of likely N-dealkylation sites (tertiary alicyclic amines) is 1. The standard InChI is InChI=1S/C12H22N2O3/c1-10(15)13-7-11-3-5-14(6-4-11)8-12(16)9-17-2/h11H,3-9H2,1-2H3,(H,13,15). The molecule has 5 heteroatoms. The number of methoxy groups -OCH3 is 1. The van der Waals surface area contributed by atoms with Crippen LogP contribution in [0.2, 0.25) is 0 Å². The van der Waals surface area contributed by atoms with Gasteiger partial charge in [0.25, 0.3) is 0 Å². The average Bonchev–Trinajstić information content (AvgIpc) is 2.28. The number of amides is 1. The van der Waals surface area contributed by atoms with Gasteiger partial charge in [-0.05, 0) is 31.8 Å². The summed E-state index contributed by atoms with van der Waals surface area (Å²) in [6.45, 7) is 4.85. The first-order valence-corrected chi connectivity index (χ1v) is 6.09. The topological polar surface area (TPSA) is 58.6 Å². The SMILES string of the molecule is COCC(=O)CN1CCC(CNC(C)=O)CC1. The molecule has 98 valence electrons. The van der Waals surface area contributed by atoms with E-state index in [4.69, 9.17) is 4.74 Å². The minimum absolute atomic E-state index is 0.0303. The van der Waals surface area contributed by atoms with Gasteiger partial charge in [-0.3, -0.25) is 14.5 Å². The van der Waals surface area contributed by atoms with Gasteiger partial charge in [0.15, 0.2) is 5.78 Å². The summed E-state index contributed by atoms with van der Waals surface area (Å²) in [5.41, 5.74) is 0. The molecule has 1 fully saturated rings. The molecule has 1 aliphatic rings. The van der Waals surface area contributed by atoms with Crippen molar-refractivity contribution < 1.29 is 14.3 Å². The Kier molecular flexibility index (Phi) is 6.15. The number of ether oxygens (including phenoxy) is 1. The van der Waals surface area contributed by atoms with E-state index < -0.39 is 0 Å². The number of piperidine rings is 1. The zero-order chi connectivity index (χ0) is 12.7. The lowest BCUT2D eigenvalue weighted by Gasteiger charge is -2.31. The smallest absolute Gasteiger partial charge is 0.216 e. The summed E-state index contributed by atoms with van der Waals surface area (Å²) in [4.78, 5) is 24.3. The molecule has 1 N–H and O–H groups in total. The Morgan fingerprint density at radius 2 is 2.00 bits per heavy atom. The molecule has 0 unspecified atom stereocenters. The third kappa shape index (κ3) is 5.79. The number of carbonyl (C=O) groups excluding carboxylic acids is 2. The lowest BCUT2D eigenvalue weighted by Crippen LogP contribution is -2.41. The molecule has 0 radical (unpaired) electrons. The van der Waals surface area contributed by atoms with Crippen molar-refractivity contribution >= 4 is 11.7 Å². The minimum atomic E-state index is 0.0303. The van der Waals surface area contributed by atoms with Crippen LogP contribution in [0.3, 0.4) is 0 Å². The van der Waals surface area contributed by atoms with E-state index >= 15 is 0 Å². The fourth-order valence-corrected chi connectivity index (χ4v) is 2.09. The predicted octanol–water partition coefficient (Wildman–Crippen LogP) is 0.0500. The maximum atomic E-state index is 11.4. The molecule has 1 amide bonds. The molecule has 0 aromatic carbocycles. The van der Waals surface area contributed by atoms with E-state index in [1.807, 2.05) is 0 Å². The van der Waals surface area contributed by atoms with Crippen molar-refractivity contribution in [3.8, 4) is 0 Å². The number of hydrogen-bond donors (Lipinski definition) is 1. The van der Waals surface area contributed by atoms with E-state index in [1.54, 1.807) is 6.92 Å². The van der Waals surface area contributed by atoms with Gasteiger partial charge in [-0.25, -0.2) is 0 Å². The highest BCUT2D eigenvalue weighted by Crippen LogP contribution is 2.15. The largest absolute Gasteiger partial charge is 0.377 e. The first kappa shape index (κ1) is 14.1. The van der Waals surface area contributed by atoms with Gasteiger partial charge in [0.05, 0.1) is 6.54 Å². The molecule has 1 aliphatic heterocycles. The molecule has 5 nitrogen and oxygen atoms in total. The average molecular weight is 242 g/mol. The highest BCUT2D eigenvalue weighted by molar-refractivity contribution is 5.81. The number of nitrogens with zero attached hydrogens (tertiary/aromatic N) is 1. The predicted molar refractivity (Wildman–Crippen MR) is 64.7 cm³/mol. The maximum Gasteiger partial charge on any atom is 0.216 e. The molecule has 0 saturated carbocycles. The molecule has 0 atom stereocenters. The van der Waals surface area contributed by atoms with Gasteiger partial charge >= 0.3 is 0 Å². The van der Waals surface area contributed by atoms with Crippen LogP contribution >= 0.6 is 0 Å². The molecule has 1 heterocycles. The van der Waals surface area contributed by atoms with Crippen LogP contribution < -0.4 is 5.32 Å². The zero-order valence-electron chi connectivity index (χ0n) is 10.7. The first-order valence-electron chi connectivity index (χ1n) is 6.09. The fourth-order valence-electron chi connectivity index (χ4n) is 2.09. The second kappa shape index (κ2) is 7.40. The van der Waals surface area contributed by atoms with E-state index in [9.17, 15) is 9.59 Å². The van der Waals surface area contributed by atoms with Crippen LogP contribution in [0, 0.1) is 5.92 Å².